The Bertz CT molecular complexity index is 556. The van der Waals surface area contributed by atoms with Gasteiger partial charge in [0.15, 0.2) is 0 Å². The van der Waals surface area contributed by atoms with Gasteiger partial charge >= 0.3 is 0 Å². The van der Waals surface area contributed by atoms with E-state index >= 15 is 0 Å². The van der Waals surface area contributed by atoms with Crippen molar-refractivity contribution in [2.24, 2.45) is 0 Å². The van der Waals surface area contributed by atoms with Crippen molar-refractivity contribution in [1.82, 2.24) is 20.3 Å². The maximum absolute atomic E-state index is 11.9. The van der Waals surface area contributed by atoms with Gasteiger partial charge in [0.25, 0.3) is 0 Å². The summed E-state index contributed by atoms with van der Waals surface area (Å²) in [6.07, 6.45) is 5.09. The van der Waals surface area contributed by atoms with E-state index < -0.39 is 10.0 Å². The number of pyridine rings is 1. The first-order valence-electron chi connectivity index (χ1n) is 6.98. The third-order valence-corrected chi connectivity index (χ3v) is 4.74. The van der Waals surface area contributed by atoms with Crippen molar-refractivity contribution in [3.63, 3.8) is 0 Å². The highest BCUT2D eigenvalue weighted by atomic mass is 32.2. The Balaban J connectivity index is 1.69. The van der Waals surface area contributed by atoms with Crippen molar-refractivity contribution >= 4 is 15.9 Å². The summed E-state index contributed by atoms with van der Waals surface area (Å²) in [7, 11) is -3.59. The minimum Gasteiger partial charge on any atom is -0.354 e. The molecule has 1 saturated heterocycles. The Hall–Kier alpha value is -1.51. The lowest BCUT2D eigenvalue weighted by atomic mass is 10.2. The van der Waals surface area contributed by atoms with E-state index in [1.807, 2.05) is 0 Å². The third kappa shape index (κ3) is 5.07. The maximum Gasteiger partial charge on any atom is 0.242 e. The van der Waals surface area contributed by atoms with Crippen molar-refractivity contribution in [3.05, 3.63) is 24.5 Å². The second-order valence-electron chi connectivity index (χ2n) is 4.93. The topological polar surface area (TPSA) is 100 Å². The van der Waals surface area contributed by atoms with Crippen LogP contribution in [0.1, 0.15) is 19.3 Å². The number of amides is 1. The van der Waals surface area contributed by atoms with Gasteiger partial charge in [-0.3, -0.25) is 9.78 Å². The minimum atomic E-state index is -3.59. The molecule has 0 aromatic carbocycles. The Labute approximate surface area is 124 Å². The molecule has 2 rings (SSSR count). The predicted octanol–water partition coefficient (Wildman–Crippen LogP) is -0.382. The van der Waals surface area contributed by atoms with E-state index in [0.29, 0.717) is 12.6 Å². The number of hydrogen-bond donors (Lipinski definition) is 3. The van der Waals surface area contributed by atoms with Crippen LogP contribution in [0.4, 0.5) is 0 Å². The molecule has 1 amide bonds. The normalized spacial score (nSPS) is 18.6. The van der Waals surface area contributed by atoms with E-state index in [0.717, 1.165) is 19.4 Å². The van der Waals surface area contributed by atoms with Crippen molar-refractivity contribution in [2.45, 2.75) is 30.2 Å². The monoisotopic (exact) mass is 312 g/mol. The fraction of sp³-hybridized carbons (Fsp3) is 0.538. The van der Waals surface area contributed by atoms with Crippen molar-refractivity contribution in [3.8, 4) is 0 Å². The summed E-state index contributed by atoms with van der Waals surface area (Å²) in [6.45, 7) is 1.65. The zero-order chi connectivity index (χ0) is 15.1. The van der Waals surface area contributed by atoms with Crippen molar-refractivity contribution in [1.29, 1.82) is 0 Å². The highest BCUT2D eigenvalue weighted by Gasteiger charge is 2.16. The van der Waals surface area contributed by atoms with E-state index in [1.54, 1.807) is 6.07 Å². The number of nitrogens with zero attached hydrogens (tertiary/aromatic N) is 1. The first kappa shape index (κ1) is 15.9. The van der Waals surface area contributed by atoms with Gasteiger partial charge in [0.05, 0.1) is 0 Å². The molecule has 1 fully saturated rings. The molecule has 1 aliphatic heterocycles. The zero-order valence-corrected chi connectivity index (χ0v) is 12.5. The van der Waals surface area contributed by atoms with Crippen LogP contribution >= 0.6 is 0 Å². The van der Waals surface area contributed by atoms with Crippen molar-refractivity contribution < 1.29 is 13.2 Å². The molecule has 3 N–H and O–H groups in total. The minimum absolute atomic E-state index is 0.0706. The van der Waals surface area contributed by atoms with Gasteiger partial charge in [-0.25, -0.2) is 13.1 Å². The molecular formula is C13H20N4O3S. The van der Waals surface area contributed by atoms with E-state index in [2.05, 4.69) is 20.3 Å². The number of carbonyl (C=O) groups is 1. The first-order valence-corrected chi connectivity index (χ1v) is 8.46. The number of carbonyl (C=O) groups excluding carboxylic acids is 1. The van der Waals surface area contributed by atoms with E-state index in [1.165, 1.54) is 18.5 Å². The van der Waals surface area contributed by atoms with Gasteiger partial charge in [0, 0.05) is 37.9 Å². The molecule has 116 valence electrons. The number of nitrogens with one attached hydrogen (secondary N) is 3. The van der Waals surface area contributed by atoms with Crippen LogP contribution < -0.4 is 15.4 Å². The molecule has 1 atom stereocenters. The van der Waals surface area contributed by atoms with Crippen LogP contribution in [0.3, 0.4) is 0 Å². The van der Waals surface area contributed by atoms with E-state index in [-0.39, 0.29) is 23.8 Å². The standard InChI is InChI=1S/C13H20N4O3S/c18-13(16-9-11-3-1-7-15-11)5-8-17-21(19,20)12-4-2-6-14-10-12/h2,4,6,10-11,15,17H,1,3,5,7-9H2,(H,16,18). The highest BCUT2D eigenvalue weighted by molar-refractivity contribution is 7.89. The highest BCUT2D eigenvalue weighted by Crippen LogP contribution is 2.05. The number of hydrogen-bond acceptors (Lipinski definition) is 5. The fourth-order valence-corrected chi connectivity index (χ4v) is 3.14. The summed E-state index contributed by atoms with van der Waals surface area (Å²) in [5.41, 5.74) is 0. The Morgan fingerprint density at radius 3 is 3.00 bits per heavy atom. The molecule has 0 aliphatic carbocycles. The Morgan fingerprint density at radius 1 is 1.48 bits per heavy atom. The van der Waals surface area contributed by atoms with Gasteiger partial charge in [-0.05, 0) is 31.5 Å². The van der Waals surface area contributed by atoms with E-state index in [4.69, 9.17) is 0 Å². The summed E-state index contributed by atoms with van der Waals surface area (Å²) in [5.74, 6) is -0.155. The summed E-state index contributed by atoms with van der Waals surface area (Å²) in [6, 6.07) is 3.35. The second kappa shape index (κ2) is 7.48. The average Bonchev–Trinajstić information content (AvgIpc) is 2.99. The lowest BCUT2D eigenvalue weighted by Gasteiger charge is -2.11. The molecule has 1 aliphatic rings. The fourth-order valence-electron chi connectivity index (χ4n) is 2.14. The lowest BCUT2D eigenvalue weighted by Crippen LogP contribution is -2.38. The summed E-state index contributed by atoms with van der Waals surface area (Å²) in [4.78, 5) is 15.5. The van der Waals surface area contributed by atoms with Crippen LogP contribution in [0, 0.1) is 0 Å². The molecule has 8 heteroatoms. The first-order chi connectivity index (χ1) is 10.1. The average molecular weight is 312 g/mol. The largest absolute Gasteiger partial charge is 0.354 e. The summed E-state index contributed by atoms with van der Waals surface area (Å²) < 4.78 is 26.2. The smallest absolute Gasteiger partial charge is 0.242 e. The molecule has 0 bridgehead atoms. The molecule has 1 unspecified atom stereocenters. The molecule has 21 heavy (non-hydrogen) atoms. The number of rotatable bonds is 7. The molecule has 0 spiro atoms. The van der Waals surface area contributed by atoms with Gasteiger partial charge in [-0.2, -0.15) is 0 Å². The number of aromatic nitrogens is 1. The van der Waals surface area contributed by atoms with Gasteiger partial charge < -0.3 is 10.6 Å². The molecule has 1 aromatic rings. The lowest BCUT2D eigenvalue weighted by molar-refractivity contribution is -0.121. The summed E-state index contributed by atoms with van der Waals surface area (Å²) >= 11 is 0. The van der Waals surface area contributed by atoms with Crippen LogP contribution in [0.15, 0.2) is 29.4 Å². The van der Waals surface area contributed by atoms with E-state index in [9.17, 15) is 13.2 Å². The molecule has 2 heterocycles. The predicted molar refractivity (Wildman–Crippen MR) is 78.1 cm³/mol. The van der Waals surface area contributed by atoms with Gasteiger partial charge in [-0.1, -0.05) is 0 Å². The molecule has 7 nitrogen and oxygen atoms in total. The molecular weight excluding hydrogens is 292 g/mol. The molecule has 0 radical (unpaired) electrons. The summed E-state index contributed by atoms with van der Waals surface area (Å²) in [5, 5.41) is 6.08. The quantitative estimate of drug-likeness (QED) is 0.637. The third-order valence-electron chi connectivity index (χ3n) is 3.30. The molecule has 0 saturated carbocycles. The van der Waals surface area contributed by atoms with Gasteiger partial charge in [0.2, 0.25) is 15.9 Å². The van der Waals surface area contributed by atoms with Gasteiger partial charge in [0.1, 0.15) is 4.90 Å². The number of sulfonamides is 1. The van der Waals surface area contributed by atoms with Gasteiger partial charge in [-0.15, -0.1) is 0 Å². The SMILES string of the molecule is O=C(CCNS(=O)(=O)c1cccnc1)NCC1CCCN1. The Kier molecular flexibility index (Phi) is 5.66. The van der Waals surface area contributed by atoms with Crippen LogP contribution in [0.25, 0.3) is 0 Å². The van der Waals surface area contributed by atoms with Crippen LogP contribution in [-0.4, -0.2) is 45.0 Å². The van der Waals surface area contributed by atoms with Crippen LogP contribution in [0.5, 0.6) is 0 Å². The maximum atomic E-state index is 11.9. The Morgan fingerprint density at radius 2 is 2.33 bits per heavy atom. The van der Waals surface area contributed by atoms with Crippen LogP contribution in [0.2, 0.25) is 0 Å². The molecule has 1 aromatic heterocycles. The second-order valence-corrected chi connectivity index (χ2v) is 6.70. The zero-order valence-electron chi connectivity index (χ0n) is 11.7. The van der Waals surface area contributed by atoms with Crippen molar-refractivity contribution in [2.75, 3.05) is 19.6 Å². The van der Waals surface area contributed by atoms with Crippen LogP contribution in [-0.2, 0) is 14.8 Å².